The maximum absolute atomic E-state index is 12.7. The van der Waals surface area contributed by atoms with Crippen LogP contribution in [-0.2, 0) is 4.74 Å². The van der Waals surface area contributed by atoms with Crippen LogP contribution >= 0.6 is 11.3 Å². The smallest absolute Gasteiger partial charge is 0.254 e. The van der Waals surface area contributed by atoms with Gasteiger partial charge in [0.15, 0.2) is 0 Å². The highest BCUT2D eigenvalue weighted by atomic mass is 32.1. The average Bonchev–Trinajstić information content (AvgIpc) is 3.25. The first-order valence-corrected chi connectivity index (χ1v) is 9.87. The third kappa shape index (κ3) is 3.58. The molecular weight excluding hydrogens is 332 g/mol. The number of nitrogens with one attached hydrogen (secondary N) is 1. The van der Waals surface area contributed by atoms with Crippen molar-refractivity contribution in [1.82, 2.24) is 4.90 Å². The number of aryl methyl sites for hydroxylation is 1. The summed E-state index contributed by atoms with van der Waals surface area (Å²) in [6.45, 7) is 4.34. The highest BCUT2D eigenvalue weighted by Gasteiger charge is 2.44. The Bertz CT molecular complexity index is 746. The van der Waals surface area contributed by atoms with Gasteiger partial charge in [-0.1, -0.05) is 12.1 Å². The Morgan fingerprint density at radius 2 is 2.32 bits per heavy atom. The zero-order valence-electron chi connectivity index (χ0n) is 14.5. The molecule has 1 N–H and O–H groups in total. The molecule has 2 unspecified atom stereocenters. The normalized spacial score (nSPS) is 26.1. The Morgan fingerprint density at radius 3 is 3.12 bits per heavy atom. The molecule has 4 nitrogen and oxygen atoms in total. The standard InChI is InChI=1S/C20H24N2O2S/c1-15-4-2-5-17(10-15)21-18-11-20(24-12-18)7-3-8-22(14-20)19(23)16-6-9-25-13-16/h2,4-6,9-10,13,18,21H,3,7-8,11-12,14H2,1H3. The number of likely N-dealkylation sites (tertiary alicyclic amines) is 1. The Kier molecular flexibility index (Phi) is 4.52. The molecule has 2 aromatic rings. The van der Waals surface area contributed by atoms with Gasteiger partial charge in [0.05, 0.1) is 30.4 Å². The van der Waals surface area contributed by atoms with Crippen molar-refractivity contribution in [1.29, 1.82) is 0 Å². The zero-order valence-corrected chi connectivity index (χ0v) is 15.3. The van der Waals surface area contributed by atoms with Gasteiger partial charge >= 0.3 is 0 Å². The van der Waals surface area contributed by atoms with E-state index in [1.54, 1.807) is 11.3 Å². The number of carbonyl (C=O) groups excluding carboxylic acids is 1. The highest BCUT2D eigenvalue weighted by Crippen LogP contribution is 2.36. The molecule has 132 valence electrons. The van der Waals surface area contributed by atoms with E-state index >= 15 is 0 Å². The fraction of sp³-hybridized carbons (Fsp3) is 0.450. The second-order valence-electron chi connectivity index (χ2n) is 7.25. The number of piperidine rings is 1. The number of ether oxygens (including phenoxy) is 1. The van der Waals surface area contributed by atoms with Crippen molar-refractivity contribution in [2.75, 3.05) is 25.0 Å². The van der Waals surface area contributed by atoms with Crippen LogP contribution < -0.4 is 5.32 Å². The van der Waals surface area contributed by atoms with Crippen LogP contribution in [0, 0.1) is 6.92 Å². The SMILES string of the molecule is Cc1cccc(NC2COC3(CCCN(C(=O)c4ccsc4)C3)C2)c1. The van der Waals surface area contributed by atoms with Gasteiger partial charge in [0, 0.05) is 24.0 Å². The number of carbonyl (C=O) groups is 1. The molecule has 1 spiro atoms. The van der Waals surface area contributed by atoms with Crippen molar-refractivity contribution in [2.24, 2.45) is 0 Å². The third-order valence-corrected chi connectivity index (χ3v) is 5.88. The van der Waals surface area contributed by atoms with Crippen molar-refractivity contribution in [3.05, 3.63) is 52.2 Å². The van der Waals surface area contributed by atoms with Crippen LogP contribution in [0.15, 0.2) is 41.1 Å². The van der Waals surface area contributed by atoms with Gasteiger partial charge in [-0.05, 0) is 48.9 Å². The lowest BCUT2D eigenvalue weighted by Gasteiger charge is -2.39. The van der Waals surface area contributed by atoms with Crippen molar-refractivity contribution in [3.63, 3.8) is 0 Å². The van der Waals surface area contributed by atoms with E-state index in [9.17, 15) is 4.79 Å². The number of rotatable bonds is 3. The van der Waals surface area contributed by atoms with Crippen molar-refractivity contribution >= 4 is 22.9 Å². The van der Waals surface area contributed by atoms with E-state index in [4.69, 9.17) is 4.74 Å². The lowest BCUT2D eigenvalue weighted by Crippen LogP contribution is -2.50. The topological polar surface area (TPSA) is 41.6 Å². The van der Waals surface area contributed by atoms with Gasteiger partial charge < -0.3 is 15.0 Å². The molecule has 5 heteroatoms. The van der Waals surface area contributed by atoms with E-state index < -0.39 is 0 Å². The maximum Gasteiger partial charge on any atom is 0.254 e. The summed E-state index contributed by atoms with van der Waals surface area (Å²) in [5.41, 5.74) is 3.01. The fourth-order valence-corrected chi connectivity index (χ4v) is 4.66. The quantitative estimate of drug-likeness (QED) is 0.906. The second kappa shape index (κ2) is 6.81. The average molecular weight is 356 g/mol. The number of hydrogen-bond acceptors (Lipinski definition) is 4. The molecule has 2 aliphatic rings. The van der Waals surface area contributed by atoms with Crippen LogP contribution in [0.4, 0.5) is 5.69 Å². The molecule has 2 aliphatic heterocycles. The summed E-state index contributed by atoms with van der Waals surface area (Å²) in [6.07, 6.45) is 2.99. The summed E-state index contributed by atoms with van der Waals surface area (Å²) in [4.78, 5) is 14.6. The molecule has 0 saturated carbocycles. The third-order valence-electron chi connectivity index (χ3n) is 5.19. The summed E-state index contributed by atoms with van der Waals surface area (Å²) in [5, 5.41) is 7.49. The first kappa shape index (κ1) is 16.6. The van der Waals surface area contributed by atoms with Gasteiger partial charge in [-0.15, -0.1) is 0 Å². The molecule has 3 heterocycles. The lowest BCUT2D eigenvalue weighted by molar-refractivity contribution is -0.0447. The monoisotopic (exact) mass is 356 g/mol. The Morgan fingerprint density at radius 1 is 1.40 bits per heavy atom. The van der Waals surface area contributed by atoms with E-state index in [2.05, 4.69) is 36.5 Å². The van der Waals surface area contributed by atoms with Crippen LogP contribution in [0.3, 0.4) is 0 Å². The predicted octanol–water partition coefficient (Wildman–Crippen LogP) is 3.93. The molecule has 1 aromatic carbocycles. The number of thiophene rings is 1. The highest BCUT2D eigenvalue weighted by molar-refractivity contribution is 7.08. The van der Waals surface area contributed by atoms with Crippen LogP contribution in [0.1, 0.15) is 35.2 Å². The van der Waals surface area contributed by atoms with Crippen molar-refractivity contribution < 1.29 is 9.53 Å². The molecule has 1 amide bonds. The molecule has 0 aliphatic carbocycles. The minimum absolute atomic E-state index is 0.138. The number of benzene rings is 1. The number of hydrogen-bond donors (Lipinski definition) is 1. The Hall–Kier alpha value is -1.85. The van der Waals surface area contributed by atoms with Crippen molar-refractivity contribution in [2.45, 2.75) is 37.8 Å². The summed E-state index contributed by atoms with van der Waals surface area (Å²) in [6, 6.07) is 10.7. The first-order valence-electron chi connectivity index (χ1n) is 8.92. The van der Waals surface area contributed by atoms with E-state index in [0.717, 1.165) is 37.1 Å². The van der Waals surface area contributed by atoms with Gasteiger partial charge in [0.1, 0.15) is 0 Å². The summed E-state index contributed by atoms with van der Waals surface area (Å²) in [7, 11) is 0. The molecule has 2 saturated heterocycles. The minimum Gasteiger partial charge on any atom is -0.380 e. The number of amides is 1. The number of nitrogens with zero attached hydrogens (tertiary/aromatic N) is 1. The summed E-state index contributed by atoms with van der Waals surface area (Å²) in [5.74, 6) is 0.138. The molecule has 2 atom stereocenters. The van der Waals surface area contributed by atoms with Gasteiger partial charge in [-0.2, -0.15) is 11.3 Å². The Balaban J connectivity index is 1.41. The Labute approximate surface area is 152 Å². The molecular formula is C20H24N2O2S. The molecule has 0 bridgehead atoms. The van der Waals surface area contributed by atoms with E-state index in [-0.39, 0.29) is 11.5 Å². The lowest BCUT2D eigenvalue weighted by atomic mass is 9.88. The van der Waals surface area contributed by atoms with Crippen LogP contribution in [0.5, 0.6) is 0 Å². The van der Waals surface area contributed by atoms with E-state index in [1.165, 1.54) is 5.56 Å². The largest absolute Gasteiger partial charge is 0.380 e. The summed E-state index contributed by atoms with van der Waals surface area (Å²) >= 11 is 1.57. The zero-order chi connectivity index (χ0) is 17.3. The van der Waals surface area contributed by atoms with Gasteiger partial charge in [-0.25, -0.2) is 0 Å². The van der Waals surface area contributed by atoms with E-state index in [1.807, 2.05) is 21.7 Å². The van der Waals surface area contributed by atoms with Crippen LogP contribution in [0.25, 0.3) is 0 Å². The van der Waals surface area contributed by atoms with Crippen molar-refractivity contribution in [3.8, 4) is 0 Å². The summed E-state index contributed by atoms with van der Waals surface area (Å²) < 4.78 is 6.24. The first-order chi connectivity index (χ1) is 12.1. The van der Waals surface area contributed by atoms with Gasteiger partial charge in [-0.3, -0.25) is 4.79 Å². The van der Waals surface area contributed by atoms with Crippen LogP contribution in [0.2, 0.25) is 0 Å². The molecule has 4 rings (SSSR count). The van der Waals surface area contributed by atoms with Crippen LogP contribution in [-0.4, -0.2) is 42.1 Å². The number of anilines is 1. The van der Waals surface area contributed by atoms with Gasteiger partial charge in [0.25, 0.3) is 5.91 Å². The molecule has 25 heavy (non-hydrogen) atoms. The molecule has 0 radical (unpaired) electrons. The van der Waals surface area contributed by atoms with E-state index in [0.29, 0.717) is 19.2 Å². The maximum atomic E-state index is 12.7. The minimum atomic E-state index is -0.189. The molecule has 2 fully saturated rings. The second-order valence-corrected chi connectivity index (χ2v) is 8.03. The fourth-order valence-electron chi connectivity index (χ4n) is 4.03. The molecule has 1 aromatic heterocycles. The predicted molar refractivity (Wildman–Crippen MR) is 101 cm³/mol. The van der Waals surface area contributed by atoms with Gasteiger partial charge in [0.2, 0.25) is 0 Å².